The molecular weight excluding hydrogens is 112 g/mol. The highest BCUT2D eigenvalue weighted by Crippen LogP contribution is 2.03. The molecule has 0 aliphatic rings. The summed E-state index contributed by atoms with van der Waals surface area (Å²) in [5, 5.41) is 8.61. The van der Waals surface area contributed by atoms with Gasteiger partial charge < -0.3 is 5.11 Å². The van der Waals surface area contributed by atoms with Gasteiger partial charge in [0.15, 0.2) is 0 Å². The molecule has 0 spiro atoms. The highest BCUT2D eigenvalue weighted by atomic mass is 16.3. The zero-order valence-electron chi connectivity index (χ0n) is 5.98. The van der Waals surface area contributed by atoms with Crippen LogP contribution in [0.4, 0.5) is 0 Å². The van der Waals surface area contributed by atoms with Crippen molar-refractivity contribution in [1.82, 2.24) is 0 Å². The lowest BCUT2D eigenvalue weighted by molar-refractivity contribution is 0.326. The van der Waals surface area contributed by atoms with Crippen LogP contribution in [0.1, 0.15) is 26.2 Å². The lowest BCUT2D eigenvalue weighted by Gasteiger charge is -1.96. The maximum atomic E-state index is 8.61. The van der Waals surface area contributed by atoms with Crippen molar-refractivity contribution >= 4 is 0 Å². The second-order valence-corrected chi connectivity index (χ2v) is 2.04. The predicted octanol–water partition coefficient (Wildman–Crippen LogP) is 1.88. The Balaban J connectivity index is 3.45. The van der Waals surface area contributed by atoms with Crippen molar-refractivity contribution in [2.45, 2.75) is 26.2 Å². The van der Waals surface area contributed by atoms with Gasteiger partial charge in [-0.15, -0.1) is 5.73 Å². The zero-order chi connectivity index (χ0) is 7.11. The van der Waals surface area contributed by atoms with E-state index in [4.69, 9.17) is 5.11 Å². The summed E-state index contributed by atoms with van der Waals surface area (Å²) in [5.41, 5.74) is 3.63. The van der Waals surface area contributed by atoms with Gasteiger partial charge in [-0.05, 0) is 18.4 Å². The highest BCUT2D eigenvalue weighted by molar-refractivity contribution is 4.98. The zero-order valence-corrected chi connectivity index (χ0v) is 5.98. The van der Waals surface area contributed by atoms with Crippen molar-refractivity contribution in [1.29, 1.82) is 0 Å². The van der Waals surface area contributed by atoms with Crippen molar-refractivity contribution in [3.05, 3.63) is 17.9 Å². The Kier molecular flexibility index (Phi) is 5.29. The minimum Gasteiger partial charge on any atom is -0.391 e. The molecule has 1 nitrogen and oxygen atoms in total. The molecule has 0 unspecified atom stereocenters. The lowest BCUT2D eigenvalue weighted by Crippen LogP contribution is -1.87. The summed E-state index contributed by atoms with van der Waals surface area (Å²) >= 11 is 0. The maximum Gasteiger partial charge on any atom is 0.0715 e. The molecule has 0 aromatic heterocycles. The molecule has 0 aromatic rings. The molecule has 0 radical (unpaired) electrons. The van der Waals surface area contributed by atoms with Crippen molar-refractivity contribution < 1.29 is 5.11 Å². The van der Waals surface area contributed by atoms with E-state index in [1.165, 1.54) is 0 Å². The monoisotopic (exact) mass is 126 g/mol. The Labute approximate surface area is 56.7 Å². The minimum atomic E-state index is 0.115. The Morgan fingerprint density at radius 2 is 2.33 bits per heavy atom. The molecular formula is C8H14O. The Bertz CT molecular complexity index is 110. The summed E-state index contributed by atoms with van der Waals surface area (Å²) in [6.45, 7) is 5.70. The van der Waals surface area contributed by atoms with Gasteiger partial charge in [-0.25, -0.2) is 0 Å². The molecule has 0 aliphatic heterocycles. The van der Waals surface area contributed by atoms with Gasteiger partial charge in [0.25, 0.3) is 0 Å². The SMILES string of the molecule is C=C=C(CO)CCCC. The molecule has 1 N–H and O–H groups in total. The number of unbranched alkanes of at least 4 members (excludes halogenated alkanes) is 1. The third-order valence-corrected chi connectivity index (χ3v) is 1.27. The molecule has 0 saturated carbocycles. The Hall–Kier alpha value is -0.520. The second kappa shape index (κ2) is 5.61. The minimum absolute atomic E-state index is 0.115. The van der Waals surface area contributed by atoms with Crippen LogP contribution in [-0.2, 0) is 0 Å². The van der Waals surface area contributed by atoms with Crippen molar-refractivity contribution in [3.8, 4) is 0 Å². The van der Waals surface area contributed by atoms with Crippen LogP contribution in [0.15, 0.2) is 17.9 Å². The number of aliphatic hydroxyl groups is 1. The third kappa shape index (κ3) is 4.01. The third-order valence-electron chi connectivity index (χ3n) is 1.27. The van der Waals surface area contributed by atoms with Crippen LogP contribution in [0.5, 0.6) is 0 Å². The first-order valence-corrected chi connectivity index (χ1v) is 3.33. The fourth-order valence-corrected chi connectivity index (χ4v) is 0.614. The van der Waals surface area contributed by atoms with Crippen molar-refractivity contribution in [3.63, 3.8) is 0 Å². The van der Waals surface area contributed by atoms with Crippen LogP contribution in [0, 0.1) is 0 Å². The Morgan fingerprint density at radius 1 is 1.67 bits per heavy atom. The summed E-state index contributed by atoms with van der Waals surface area (Å²) in [6, 6.07) is 0. The number of rotatable bonds is 4. The van der Waals surface area contributed by atoms with E-state index in [-0.39, 0.29) is 6.61 Å². The van der Waals surface area contributed by atoms with Crippen LogP contribution in [0.25, 0.3) is 0 Å². The summed E-state index contributed by atoms with van der Waals surface area (Å²) in [6.07, 6.45) is 3.22. The van der Waals surface area contributed by atoms with Gasteiger partial charge in [-0.3, -0.25) is 0 Å². The number of aliphatic hydroxyl groups excluding tert-OH is 1. The number of hydrogen-bond donors (Lipinski definition) is 1. The standard InChI is InChI=1S/C8H14O/c1-3-5-6-8(4-2)7-9/h9H,2-3,5-7H2,1H3. The summed E-state index contributed by atoms with van der Waals surface area (Å²) < 4.78 is 0. The highest BCUT2D eigenvalue weighted by Gasteiger charge is 1.90. The maximum absolute atomic E-state index is 8.61. The predicted molar refractivity (Wildman–Crippen MR) is 39.3 cm³/mol. The fraction of sp³-hybridized carbons (Fsp3) is 0.625. The fourth-order valence-electron chi connectivity index (χ4n) is 0.614. The molecule has 0 bridgehead atoms. The lowest BCUT2D eigenvalue weighted by atomic mass is 10.1. The average molecular weight is 126 g/mol. The van der Waals surface area contributed by atoms with E-state index in [1.807, 2.05) is 0 Å². The van der Waals surface area contributed by atoms with Crippen LogP contribution >= 0.6 is 0 Å². The van der Waals surface area contributed by atoms with E-state index in [2.05, 4.69) is 19.2 Å². The first-order valence-electron chi connectivity index (χ1n) is 3.33. The van der Waals surface area contributed by atoms with Gasteiger partial charge in [0.05, 0.1) is 6.61 Å². The summed E-state index contributed by atoms with van der Waals surface area (Å²) in [4.78, 5) is 0. The molecule has 0 atom stereocenters. The van der Waals surface area contributed by atoms with Crippen molar-refractivity contribution in [2.24, 2.45) is 0 Å². The molecule has 9 heavy (non-hydrogen) atoms. The Morgan fingerprint density at radius 3 is 2.67 bits per heavy atom. The molecule has 0 amide bonds. The number of hydrogen-bond acceptors (Lipinski definition) is 1. The van der Waals surface area contributed by atoms with E-state index in [9.17, 15) is 0 Å². The molecule has 0 rings (SSSR count). The molecule has 0 aliphatic carbocycles. The van der Waals surface area contributed by atoms with Crippen LogP contribution < -0.4 is 0 Å². The molecule has 0 saturated heterocycles. The van der Waals surface area contributed by atoms with Gasteiger partial charge >= 0.3 is 0 Å². The normalized spacial score (nSPS) is 8.67. The summed E-state index contributed by atoms with van der Waals surface area (Å²) in [7, 11) is 0. The van der Waals surface area contributed by atoms with E-state index in [1.54, 1.807) is 0 Å². The van der Waals surface area contributed by atoms with E-state index in [0.29, 0.717) is 0 Å². The molecule has 0 aromatic carbocycles. The second-order valence-electron chi connectivity index (χ2n) is 2.04. The van der Waals surface area contributed by atoms with Gasteiger partial charge in [-0.1, -0.05) is 19.9 Å². The largest absolute Gasteiger partial charge is 0.391 e. The van der Waals surface area contributed by atoms with Crippen LogP contribution in [0.3, 0.4) is 0 Å². The topological polar surface area (TPSA) is 20.2 Å². The summed E-state index contributed by atoms with van der Waals surface area (Å²) in [5.74, 6) is 0. The first kappa shape index (κ1) is 8.48. The molecule has 52 valence electrons. The first-order chi connectivity index (χ1) is 4.35. The van der Waals surface area contributed by atoms with Gasteiger partial charge in [0.2, 0.25) is 0 Å². The van der Waals surface area contributed by atoms with Crippen LogP contribution in [-0.4, -0.2) is 11.7 Å². The molecule has 1 heteroatoms. The van der Waals surface area contributed by atoms with E-state index in [0.717, 1.165) is 24.8 Å². The molecule has 0 fully saturated rings. The van der Waals surface area contributed by atoms with Gasteiger partial charge in [0.1, 0.15) is 0 Å². The smallest absolute Gasteiger partial charge is 0.0715 e. The van der Waals surface area contributed by atoms with Gasteiger partial charge in [-0.2, -0.15) is 0 Å². The average Bonchev–Trinajstić information content (AvgIpc) is 1.91. The molecule has 0 heterocycles. The van der Waals surface area contributed by atoms with E-state index < -0.39 is 0 Å². The van der Waals surface area contributed by atoms with Gasteiger partial charge in [0, 0.05) is 0 Å². The van der Waals surface area contributed by atoms with Crippen molar-refractivity contribution in [2.75, 3.05) is 6.61 Å². The quantitative estimate of drug-likeness (QED) is 0.570. The van der Waals surface area contributed by atoms with Crippen LogP contribution in [0.2, 0.25) is 0 Å². The van der Waals surface area contributed by atoms with E-state index >= 15 is 0 Å².